The summed E-state index contributed by atoms with van der Waals surface area (Å²) in [5.41, 5.74) is 5.28. The van der Waals surface area contributed by atoms with Crippen LogP contribution < -0.4 is 16.5 Å². The molecule has 0 saturated carbocycles. The van der Waals surface area contributed by atoms with Gasteiger partial charge in [0.1, 0.15) is 23.7 Å². The molecular formula is C23H20N6O8S4. The van der Waals surface area contributed by atoms with Crippen LogP contribution in [0.25, 0.3) is 10.1 Å². The molecule has 6 N–H and O–H groups in total. The van der Waals surface area contributed by atoms with Crippen LogP contribution in [0.2, 0.25) is 0 Å². The summed E-state index contributed by atoms with van der Waals surface area (Å²) >= 11 is 4.57. The van der Waals surface area contributed by atoms with E-state index in [4.69, 9.17) is 10.6 Å². The minimum absolute atomic E-state index is 0.0631. The summed E-state index contributed by atoms with van der Waals surface area (Å²) in [6, 6.07) is 2.84. The van der Waals surface area contributed by atoms with E-state index in [9.17, 15) is 34.5 Å². The lowest BCUT2D eigenvalue weighted by Crippen LogP contribution is -2.71. The van der Waals surface area contributed by atoms with Crippen molar-refractivity contribution >= 4 is 85.1 Å². The molecular weight excluding hydrogens is 617 g/mol. The number of carbonyl (C=O) groups excluding carboxylic acids is 2. The third kappa shape index (κ3) is 5.54. The van der Waals surface area contributed by atoms with Crippen LogP contribution in [0.5, 0.6) is 11.5 Å². The Morgan fingerprint density at radius 3 is 2.71 bits per heavy atom. The number of phenolic OH excluding ortho intramolecular Hbond substituents is 2. The van der Waals surface area contributed by atoms with E-state index in [0.29, 0.717) is 14.5 Å². The third-order valence-corrected chi connectivity index (χ3v) is 10.1. The Balaban J connectivity index is 1.33. The van der Waals surface area contributed by atoms with Gasteiger partial charge in [-0.2, -0.15) is 9.36 Å². The maximum absolute atomic E-state index is 13.1. The largest absolute Gasteiger partial charge is 0.504 e. The summed E-state index contributed by atoms with van der Waals surface area (Å²) in [4.78, 5) is 60.9. The van der Waals surface area contributed by atoms with Crippen LogP contribution in [0.1, 0.15) is 12.7 Å². The Bertz CT molecular complexity index is 1700. The molecule has 5 rings (SSSR count). The normalized spacial score (nSPS) is 18.7. The number of phenols is 2. The molecule has 3 aromatic rings. The zero-order chi connectivity index (χ0) is 29.4. The lowest BCUT2D eigenvalue weighted by Gasteiger charge is -2.49. The van der Waals surface area contributed by atoms with Crippen LogP contribution in [-0.2, 0) is 19.2 Å². The van der Waals surface area contributed by atoms with Crippen LogP contribution in [0, 0.1) is 0 Å². The van der Waals surface area contributed by atoms with Crippen LogP contribution >= 0.6 is 46.4 Å². The summed E-state index contributed by atoms with van der Waals surface area (Å²) in [5.74, 6) is -3.06. The first kappa shape index (κ1) is 28.7. The van der Waals surface area contributed by atoms with Gasteiger partial charge in [0, 0.05) is 45.3 Å². The van der Waals surface area contributed by atoms with E-state index in [2.05, 4.69) is 19.8 Å². The van der Waals surface area contributed by atoms with Gasteiger partial charge in [-0.15, -0.1) is 34.9 Å². The Morgan fingerprint density at radius 2 is 2.02 bits per heavy atom. The SMILES string of the molecule is CCO/N=C(/C(=O)N[C@@H]1C(=O)N2C(C(=O)O)=C(CSc3cc(=O)c4cc(O)c(O)cc4s3)CS[C@H]12)c1nsc(N)n1. The number of rotatable bonds is 9. The summed E-state index contributed by atoms with van der Waals surface area (Å²) in [5, 5.41) is 35.5. The van der Waals surface area contributed by atoms with Crippen LogP contribution in [0.4, 0.5) is 5.13 Å². The molecule has 2 amide bonds. The van der Waals surface area contributed by atoms with Crippen molar-refractivity contribution in [3.8, 4) is 11.5 Å². The van der Waals surface area contributed by atoms with Crippen molar-refractivity contribution < 1.29 is 34.5 Å². The number of aromatic nitrogens is 2. The molecule has 41 heavy (non-hydrogen) atoms. The van der Waals surface area contributed by atoms with Gasteiger partial charge in [-0.3, -0.25) is 19.3 Å². The second-order valence-corrected chi connectivity index (χ2v) is 12.7. The topological polar surface area (TPSA) is 218 Å². The minimum Gasteiger partial charge on any atom is -0.504 e. The van der Waals surface area contributed by atoms with Crippen molar-refractivity contribution in [1.29, 1.82) is 0 Å². The van der Waals surface area contributed by atoms with Crippen molar-refractivity contribution in [2.24, 2.45) is 5.16 Å². The minimum atomic E-state index is -1.29. The Morgan fingerprint density at radius 1 is 1.27 bits per heavy atom. The number of β-lactam (4-membered cyclic amide) rings is 1. The number of carbonyl (C=O) groups is 3. The van der Waals surface area contributed by atoms with E-state index in [-0.39, 0.29) is 57.0 Å². The quantitative estimate of drug-likeness (QED) is 0.0738. The number of fused-ring (bicyclic) bond motifs is 2. The van der Waals surface area contributed by atoms with Crippen LogP contribution in [-0.4, -0.2) is 82.6 Å². The lowest BCUT2D eigenvalue weighted by atomic mass is 10.0. The number of thioether (sulfide) groups is 2. The number of aromatic hydroxyl groups is 2. The van der Waals surface area contributed by atoms with Gasteiger partial charge in [0.2, 0.25) is 11.5 Å². The van der Waals surface area contributed by atoms with Crippen molar-refractivity contribution in [2.75, 3.05) is 23.8 Å². The van der Waals surface area contributed by atoms with E-state index in [1.165, 1.54) is 53.1 Å². The van der Waals surface area contributed by atoms with Gasteiger partial charge in [0.05, 0.1) is 4.21 Å². The van der Waals surface area contributed by atoms with E-state index in [1.54, 1.807) is 6.92 Å². The molecule has 14 nitrogen and oxygen atoms in total. The van der Waals surface area contributed by atoms with Crippen molar-refractivity contribution in [2.45, 2.75) is 22.5 Å². The zero-order valence-corrected chi connectivity index (χ0v) is 24.2. The second kappa shape index (κ2) is 11.6. The monoisotopic (exact) mass is 636 g/mol. The molecule has 0 unspecified atom stereocenters. The highest BCUT2D eigenvalue weighted by Gasteiger charge is 2.54. The molecule has 1 aromatic carbocycles. The fourth-order valence-corrected chi connectivity index (χ4v) is 8.19. The lowest BCUT2D eigenvalue weighted by molar-refractivity contribution is -0.150. The first-order valence-corrected chi connectivity index (χ1v) is 15.3. The summed E-state index contributed by atoms with van der Waals surface area (Å²) in [7, 11) is 0. The number of hydrogen-bond acceptors (Lipinski definition) is 15. The fourth-order valence-electron chi connectivity index (χ4n) is 4.03. The number of amides is 2. The van der Waals surface area contributed by atoms with Gasteiger partial charge in [-0.1, -0.05) is 5.16 Å². The Kier molecular flexibility index (Phi) is 8.07. The van der Waals surface area contributed by atoms with Gasteiger partial charge >= 0.3 is 5.97 Å². The summed E-state index contributed by atoms with van der Waals surface area (Å²) < 4.78 is 4.99. The molecule has 1 fully saturated rings. The number of nitrogens with one attached hydrogen (secondary N) is 1. The Hall–Kier alpha value is -3.87. The smallest absolute Gasteiger partial charge is 0.352 e. The molecule has 2 atom stereocenters. The predicted octanol–water partition coefficient (Wildman–Crippen LogP) is 1.38. The first-order valence-electron chi connectivity index (χ1n) is 11.7. The van der Waals surface area contributed by atoms with E-state index in [0.717, 1.165) is 16.4 Å². The maximum Gasteiger partial charge on any atom is 0.352 e. The molecule has 2 aliphatic rings. The molecule has 4 heterocycles. The molecule has 2 aromatic heterocycles. The number of nitrogens with zero attached hydrogens (tertiary/aromatic N) is 4. The first-order chi connectivity index (χ1) is 19.6. The van der Waals surface area contributed by atoms with Crippen molar-refractivity contribution in [3.05, 3.63) is 45.5 Å². The highest BCUT2D eigenvalue weighted by molar-refractivity contribution is 8.02. The number of hydrogen-bond donors (Lipinski definition) is 5. The molecule has 18 heteroatoms. The van der Waals surface area contributed by atoms with Gasteiger partial charge in [0.25, 0.3) is 11.8 Å². The third-order valence-electron chi connectivity index (χ3n) is 5.88. The van der Waals surface area contributed by atoms with Crippen LogP contribution in [0.3, 0.4) is 0 Å². The van der Waals surface area contributed by atoms with E-state index < -0.39 is 34.9 Å². The number of aliphatic carboxylic acids is 1. The molecule has 0 bridgehead atoms. The zero-order valence-electron chi connectivity index (χ0n) is 20.9. The predicted molar refractivity (Wildman–Crippen MR) is 154 cm³/mol. The van der Waals surface area contributed by atoms with E-state index in [1.807, 2.05) is 0 Å². The summed E-state index contributed by atoms with van der Waals surface area (Å²) in [6.07, 6.45) is 0. The van der Waals surface area contributed by atoms with Crippen molar-refractivity contribution in [1.82, 2.24) is 19.6 Å². The highest BCUT2D eigenvalue weighted by Crippen LogP contribution is 2.42. The maximum atomic E-state index is 13.1. The number of nitrogens with two attached hydrogens (primary N) is 1. The highest BCUT2D eigenvalue weighted by atomic mass is 32.2. The standard InChI is InChI=1S/C23H20N6O8S4/c1-2-37-27-15(18-26-23(24)41-28-18)19(33)25-16-20(34)29-17(22(35)36)8(7-39-21(16)29)6-38-14-5-10(30)9-3-11(31)12(32)4-13(9)40-14/h3-5,16,21,31-32H,2,6-7H2,1H3,(H,25,33)(H,35,36)(H2,24,26,28)/b27-15+/t16-,21-/m1/s1. The average Bonchev–Trinajstić information content (AvgIpc) is 3.36. The number of carboxylic acids is 1. The molecule has 2 aliphatic heterocycles. The molecule has 0 radical (unpaired) electrons. The fraction of sp³-hybridized carbons (Fsp3) is 0.261. The van der Waals surface area contributed by atoms with Gasteiger partial charge in [-0.05, 0) is 18.6 Å². The van der Waals surface area contributed by atoms with Crippen molar-refractivity contribution in [3.63, 3.8) is 0 Å². The van der Waals surface area contributed by atoms with E-state index >= 15 is 0 Å². The number of nitrogen functional groups attached to an aromatic ring is 1. The van der Waals surface area contributed by atoms with Gasteiger partial charge in [-0.25, -0.2) is 4.79 Å². The van der Waals surface area contributed by atoms with Gasteiger partial charge < -0.3 is 31.2 Å². The molecule has 0 spiro atoms. The average molecular weight is 637 g/mol. The molecule has 0 aliphatic carbocycles. The Labute approximate surface area is 247 Å². The second-order valence-electron chi connectivity index (χ2n) is 8.49. The number of anilines is 1. The van der Waals surface area contributed by atoms with Crippen LogP contribution in [0.15, 0.2) is 43.6 Å². The number of oxime groups is 1. The number of carboxylic acid groups (broad SMARTS) is 1. The molecule has 1 saturated heterocycles. The van der Waals surface area contributed by atoms with Gasteiger partial charge in [0.15, 0.2) is 22.1 Å². The molecule has 214 valence electrons. The number of benzene rings is 1. The summed E-state index contributed by atoms with van der Waals surface area (Å²) in [6.45, 7) is 1.83.